The summed E-state index contributed by atoms with van der Waals surface area (Å²) in [6, 6.07) is 0.644. The molecule has 2 fully saturated rings. The zero-order valence-electron chi connectivity index (χ0n) is 4.60. The van der Waals surface area contributed by atoms with Gasteiger partial charge < -0.3 is 5.32 Å². The van der Waals surface area contributed by atoms with Crippen LogP contribution in [0.1, 0.15) is 6.42 Å². The van der Waals surface area contributed by atoms with Crippen molar-refractivity contribution in [2.24, 2.45) is 0 Å². The third-order valence-corrected chi connectivity index (χ3v) is 1.99. The molecule has 2 rings (SSSR count). The van der Waals surface area contributed by atoms with Crippen LogP contribution < -0.4 is 5.32 Å². The Morgan fingerprint density at radius 3 is 2.75 bits per heavy atom. The minimum absolute atomic E-state index is 0.194. The first-order chi connectivity index (χ1) is 3.86. The highest BCUT2D eigenvalue weighted by Crippen LogP contribution is 2.22. The topological polar surface area (TPSA) is 15.3 Å². The summed E-state index contributed by atoms with van der Waals surface area (Å²) in [5.74, 6) is 0. The van der Waals surface area contributed by atoms with Crippen LogP contribution in [0.2, 0.25) is 0 Å². The normalized spacial score (nSPS) is 46.1. The van der Waals surface area contributed by atoms with Crippen LogP contribution in [0.15, 0.2) is 0 Å². The number of nitrogens with one attached hydrogen (secondary N) is 1. The van der Waals surface area contributed by atoms with E-state index in [1.54, 1.807) is 0 Å². The molecule has 0 aromatic carbocycles. The minimum atomic E-state index is 0.194. The Hall–Kier alpha value is -0.150. The van der Waals surface area contributed by atoms with Gasteiger partial charge in [0.1, 0.15) is 0 Å². The molecule has 1 N–H and O–H groups in total. The van der Waals surface area contributed by atoms with Crippen molar-refractivity contribution in [1.29, 1.82) is 0 Å². The molecule has 2 heterocycles. The third kappa shape index (κ3) is 0.485. The summed E-state index contributed by atoms with van der Waals surface area (Å²) in [6.07, 6.45) is 1.01. The second-order valence-corrected chi connectivity index (χ2v) is 2.58. The first-order valence-corrected chi connectivity index (χ1v) is 3.02. The summed E-state index contributed by atoms with van der Waals surface area (Å²) in [4.78, 5) is 0. The molecule has 2 aliphatic heterocycles. The highest BCUT2D eigenvalue weighted by molar-refractivity contribution is 4.93. The van der Waals surface area contributed by atoms with E-state index < -0.39 is 0 Å². The van der Waals surface area contributed by atoms with E-state index in [9.17, 15) is 4.48 Å². The SMILES string of the molecule is FN1CC2CC1CN2. The van der Waals surface area contributed by atoms with Crippen LogP contribution in [0, 0.1) is 0 Å². The molecule has 2 saturated heterocycles. The van der Waals surface area contributed by atoms with Gasteiger partial charge in [0.25, 0.3) is 0 Å². The quantitative estimate of drug-likeness (QED) is 0.445. The van der Waals surface area contributed by atoms with Crippen LogP contribution in [0.3, 0.4) is 0 Å². The van der Waals surface area contributed by atoms with E-state index in [4.69, 9.17) is 0 Å². The fraction of sp³-hybridized carbons (Fsp3) is 1.00. The van der Waals surface area contributed by atoms with E-state index in [1.807, 2.05) is 0 Å². The van der Waals surface area contributed by atoms with Gasteiger partial charge in [-0.1, -0.05) is 0 Å². The van der Waals surface area contributed by atoms with Crippen molar-refractivity contribution in [3.05, 3.63) is 0 Å². The Bertz CT molecular complexity index is 105. The predicted molar refractivity (Wildman–Crippen MR) is 28.0 cm³/mol. The lowest BCUT2D eigenvalue weighted by molar-refractivity contribution is -0.0000234. The first kappa shape index (κ1) is 4.70. The van der Waals surface area contributed by atoms with Gasteiger partial charge in [0.15, 0.2) is 0 Å². The van der Waals surface area contributed by atoms with Crippen LogP contribution in [0.25, 0.3) is 0 Å². The lowest BCUT2D eigenvalue weighted by Gasteiger charge is -2.16. The van der Waals surface area contributed by atoms with E-state index in [1.165, 1.54) is 0 Å². The van der Waals surface area contributed by atoms with E-state index in [-0.39, 0.29) is 6.04 Å². The lowest BCUT2D eigenvalue weighted by atomic mass is 10.2. The van der Waals surface area contributed by atoms with E-state index in [0.717, 1.165) is 18.1 Å². The number of fused-ring (bicyclic) bond motifs is 2. The number of piperazine rings is 1. The summed E-state index contributed by atoms with van der Waals surface area (Å²) in [5, 5.41) is 4.15. The van der Waals surface area contributed by atoms with Crippen LogP contribution in [-0.4, -0.2) is 30.3 Å². The molecule has 0 radical (unpaired) electrons. The van der Waals surface area contributed by atoms with Gasteiger partial charge in [0.2, 0.25) is 0 Å². The molecule has 2 bridgehead atoms. The van der Waals surface area contributed by atoms with Crippen molar-refractivity contribution in [3.63, 3.8) is 0 Å². The zero-order valence-corrected chi connectivity index (χ0v) is 4.60. The molecule has 0 saturated carbocycles. The van der Waals surface area contributed by atoms with Gasteiger partial charge in [0, 0.05) is 19.1 Å². The molecular formula is C5H9FN2. The Morgan fingerprint density at radius 1 is 1.62 bits per heavy atom. The standard InChI is InChI=1S/C5H9FN2/c6-8-3-4-1-5(8)2-7-4/h4-5,7H,1-3H2. The lowest BCUT2D eigenvalue weighted by Crippen LogP contribution is -2.38. The van der Waals surface area contributed by atoms with E-state index in [2.05, 4.69) is 5.32 Å². The second kappa shape index (κ2) is 1.42. The monoisotopic (exact) mass is 116 g/mol. The molecule has 2 nitrogen and oxygen atoms in total. The molecule has 0 spiro atoms. The van der Waals surface area contributed by atoms with Crippen molar-refractivity contribution in [3.8, 4) is 0 Å². The molecule has 0 aromatic heterocycles. The maximum Gasteiger partial charge on any atom is 0.0543 e. The average molecular weight is 116 g/mol. The van der Waals surface area contributed by atoms with Gasteiger partial charge >= 0.3 is 0 Å². The average Bonchev–Trinajstić information content (AvgIpc) is 2.23. The molecule has 2 atom stereocenters. The molecule has 46 valence electrons. The van der Waals surface area contributed by atoms with Crippen LogP contribution >= 0.6 is 0 Å². The molecule has 3 heteroatoms. The third-order valence-electron chi connectivity index (χ3n) is 1.99. The molecule has 0 aromatic rings. The summed E-state index contributed by atoms with van der Waals surface area (Å²) < 4.78 is 12.4. The molecule has 8 heavy (non-hydrogen) atoms. The first-order valence-electron chi connectivity index (χ1n) is 3.02. The van der Waals surface area contributed by atoms with Crippen molar-refractivity contribution in [2.75, 3.05) is 13.1 Å². The number of halogens is 1. The van der Waals surface area contributed by atoms with Crippen molar-refractivity contribution in [1.82, 2.24) is 10.4 Å². The van der Waals surface area contributed by atoms with Crippen molar-refractivity contribution in [2.45, 2.75) is 18.5 Å². The summed E-state index contributed by atoms with van der Waals surface area (Å²) in [5.41, 5.74) is 0. The maximum absolute atomic E-state index is 12.4. The highest BCUT2D eigenvalue weighted by atomic mass is 19.2. The Morgan fingerprint density at radius 2 is 2.50 bits per heavy atom. The molecule has 2 aliphatic rings. The van der Waals surface area contributed by atoms with E-state index in [0.29, 0.717) is 12.6 Å². The number of nitrogens with zero attached hydrogens (tertiary/aromatic N) is 1. The molecular weight excluding hydrogens is 107 g/mol. The summed E-state index contributed by atoms with van der Waals surface area (Å²) in [7, 11) is 0. The number of hydrogen-bond acceptors (Lipinski definition) is 2. The van der Waals surface area contributed by atoms with Gasteiger partial charge in [-0.05, 0) is 6.42 Å². The highest BCUT2D eigenvalue weighted by Gasteiger charge is 2.37. The van der Waals surface area contributed by atoms with Crippen molar-refractivity contribution < 1.29 is 4.48 Å². The smallest absolute Gasteiger partial charge is 0.0543 e. The number of rotatable bonds is 0. The Kier molecular flexibility index (Phi) is 0.835. The zero-order chi connectivity index (χ0) is 5.56. The van der Waals surface area contributed by atoms with E-state index >= 15 is 0 Å². The van der Waals surface area contributed by atoms with Gasteiger partial charge in [-0.2, -0.15) is 0 Å². The van der Waals surface area contributed by atoms with Crippen LogP contribution in [-0.2, 0) is 0 Å². The van der Waals surface area contributed by atoms with Gasteiger partial charge in [0.05, 0.1) is 6.04 Å². The summed E-state index contributed by atoms with van der Waals surface area (Å²) in [6.45, 7) is 1.45. The molecule has 2 unspecified atom stereocenters. The minimum Gasteiger partial charge on any atom is -0.311 e. The molecule has 0 aliphatic carbocycles. The number of hydrogen-bond donors (Lipinski definition) is 1. The second-order valence-electron chi connectivity index (χ2n) is 2.58. The van der Waals surface area contributed by atoms with Gasteiger partial charge in [-0.3, -0.25) is 0 Å². The van der Waals surface area contributed by atoms with Crippen molar-refractivity contribution >= 4 is 0 Å². The largest absolute Gasteiger partial charge is 0.311 e. The fourth-order valence-corrected chi connectivity index (χ4v) is 1.51. The Labute approximate surface area is 47.6 Å². The molecule has 0 amide bonds. The van der Waals surface area contributed by atoms with Crippen LogP contribution in [0.5, 0.6) is 0 Å². The summed E-state index contributed by atoms with van der Waals surface area (Å²) >= 11 is 0. The fourth-order valence-electron chi connectivity index (χ4n) is 1.51. The Balaban J connectivity index is 2.11. The maximum atomic E-state index is 12.4. The van der Waals surface area contributed by atoms with Gasteiger partial charge in [-0.25, -0.2) is 0 Å². The van der Waals surface area contributed by atoms with Gasteiger partial charge in [-0.15, -0.1) is 9.60 Å². The predicted octanol–water partition coefficient (Wildman–Crippen LogP) is -0.0830. The van der Waals surface area contributed by atoms with Crippen LogP contribution in [0.4, 0.5) is 4.48 Å².